The standard InChI is InChI=1S/C66H44N4S/c1-6-18-47(19-7-1)67(48-20-8-2-9-21-48)52-34-30-45(31-35-52)46-32-36-53(37-33-46)68(49-22-10-3-11-23-49)54-38-39-58-62(44-54)70(51-26-14-5-15-27-51)61-43-41-56-55-40-42-60-63(65(55)71-66(56)64(58)61)57-28-16-17-29-59(57)69(60)50-24-12-4-13-25-50/h1-44H. The molecule has 334 valence electrons. The SMILES string of the molecule is c1ccc(N(c2ccccc2)c2ccc(-c3ccc(N(c4ccccc4)c4ccc5c6c7sc8c(ccc9c8c8ccccc8n9-c8ccccc8)c7ccc6n(-c6ccccc6)c5c4)cc3)cc2)cc1. The van der Waals surface area contributed by atoms with Crippen molar-refractivity contribution in [1.29, 1.82) is 0 Å². The van der Waals surface area contributed by atoms with Crippen molar-refractivity contribution in [3.8, 4) is 22.5 Å². The van der Waals surface area contributed by atoms with Crippen molar-refractivity contribution in [2.75, 3.05) is 9.80 Å². The Hall–Kier alpha value is -9.16. The number of thiophene rings is 1. The quantitative estimate of drug-likeness (QED) is 0.143. The molecule has 71 heavy (non-hydrogen) atoms. The van der Waals surface area contributed by atoms with Gasteiger partial charge in [-0.1, -0.05) is 152 Å². The highest BCUT2D eigenvalue weighted by atomic mass is 32.1. The van der Waals surface area contributed by atoms with Crippen LogP contribution in [0.15, 0.2) is 267 Å². The normalized spacial score (nSPS) is 11.7. The van der Waals surface area contributed by atoms with Crippen molar-refractivity contribution in [1.82, 2.24) is 9.13 Å². The van der Waals surface area contributed by atoms with Crippen LogP contribution in [0, 0.1) is 0 Å². The molecule has 0 aliphatic rings. The molecule has 0 amide bonds. The topological polar surface area (TPSA) is 16.3 Å². The zero-order valence-electron chi connectivity index (χ0n) is 38.6. The molecule has 14 rings (SSSR count). The van der Waals surface area contributed by atoms with Crippen LogP contribution in [0.5, 0.6) is 0 Å². The van der Waals surface area contributed by atoms with Crippen LogP contribution in [-0.2, 0) is 0 Å². The van der Waals surface area contributed by atoms with Gasteiger partial charge in [-0.3, -0.25) is 0 Å². The number of para-hydroxylation sites is 6. The molecule has 0 radical (unpaired) electrons. The Kier molecular flexibility index (Phi) is 9.68. The van der Waals surface area contributed by atoms with Gasteiger partial charge in [-0.05, 0) is 126 Å². The Morgan fingerprint density at radius 2 is 0.606 bits per heavy atom. The van der Waals surface area contributed by atoms with Crippen LogP contribution in [-0.4, -0.2) is 9.13 Å². The van der Waals surface area contributed by atoms with Crippen LogP contribution in [0.2, 0.25) is 0 Å². The van der Waals surface area contributed by atoms with Gasteiger partial charge in [-0.2, -0.15) is 0 Å². The largest absolute Gasteiger partial charge is 0.311 e. The Labute approximate surface area is 415 Å². The fourth-order valence-corrected chi connectivity index (χ4v) is 12.3. The average molecular weight is 925 g/mol. The highest BCUT2D eigenvalue weighted by molar-refractivity contribution is 7.27. The van der Waals surface area contributed by atoms with Crippen molar-refractivity contribution in [2.24, 2.45) is 0 Å². The minimum atomic E-state index is 1.09. The number of aromatic nitrogens is 2. The molecule has 5 heteroatoms. The van der Waals surface area contributed by atoms with Gasteiger partial charge in [-0.15, -0.1) is 11.3 Å². The van der Waals surface area contributed by atoms with Gasteiger partial charge in [0.15, 0.2) is 0 Å². The fourth-order valence-electron chi connectivity index (χ4n) is 10.9. The van der Waals surface area contributed by atoms with E-state index in [0.29, 0.717) is 0 Å². The zero-order chi connectivity index (χ0) is 46.8. The summed E-state index contributed by atoms with van der Waals surface area (Å²) in [7, 11) is 0. The molecule has 3 heterocycles. The lowest BCUT2D eigenvalue weighted by atomic mass is 10.0. The van der Waals surface area contributed by atoms with Crippen molar-refractivity contribution in [3.63, 3.8) is 0 Å². The van der Waals surface area contributed by atoms with E-state index in [4.69, 9.17) is 0 Å². The van der Waals surface area contributed by atoms with E-state index in [-0.39, 0.29) is 0 Å². The predicted molar refractivity (Wildman–Crippen MR) is 303 cm³/mol. The van der Waals surface area contributed by atoms with Crippen molar-refractivity contribution in [2.45, 2.75) is 0 Å². The maximum Gasteiger partial charge on any atom is 0.0562 e. The summed E-state index contributed by atoms with van der Waals surface area (Å²) in [4.78, 5) is 4.68. The smallest absolute Gasteiger partial charge is 0.0562 e. The number of anilines is 6. The molecule has 4 nitrogen and oxygen atoms in total. The minimum Gasteiger partial charge on any atom is -0.311 e. The second kappa shape index (κ2) is 16.8. The van der Waals surface area contributed by atoms with Crippen LogP contribution in [0.25, 0.3) is 86.3 Å². The molecule has 0 spiro atoms. The first-order valence-corrected chi connectivity index (χ1v) is 25.0. The molecule has 14 aromatic rings. The molecule has 0 saturated carbocycles. The lowest BCUT2D eigenvalue weighted by Gasteiger charge is -2.26. The molecule has 0 bridgehead atoms. The first-order chi connectivity index (χ1) is 35.2. The zero-order valence-corrected chi connectivity index (χ0v) is 39.4. The maximum absolute atomic E-state index is 2.46. The molecule has 0 aliphatic heterocycles. The van der Waals surface area contributed by atoms with E-state index in [0.717, 1.165) is 56.5 Å². The molecule has 0 unspecified atom stereocenters. The summed E-state index contributed by atoms with van der Waals surface area (Å²) in [6, 6.07) is 96.6. The van der Waals surface area contributed by atoms with E-state index in [1.165, 1.54) is 64.0 Å². The first kappa shape index (κ1) is 40.9. The number of benzene rings is 11. The van der Waals surface area contributed by atoms with Crippen molar-refractivity contribution < 1.29 is 0 Å². The molecule has 3 aromatic heterocycles. The number of hydrogen-bond acceptors (Lipinski definition) is 3. The van der Waals surface area contributed by atoms with Gasteiger partial charge in [0.25, 0.3) is 0 Å². The monoisotopic (exact) mass is 924 g/mol. The third-order valence-corrected chi connectivity index (χ3v) is 15.3. The van der Waals surface area contributed by atoms with Crippen molar-refractivity contribution in [3.05, 3.63) is 267 Å². The molecular weight excluding hydrogens is 881 g/mol. The van der Waals surface area contributed by atoms with E-state index < -0.39 is 0 Å². The summed E-state index contributed by atoms with van der Waals surface area (Å²) >= 11 is 1.93. The number of hydrogen-bond donors (Lipinski definition) is 0. The van der Waals surface area contributed by atoms with Gasteiger partial charge >= 0.3 is 0 Å². The number of nitrogens with zero attached hydrogens (tertiary/aromatic N) is 4. The van der Waals surface area contributed by atoms with Crippen molar-refractivity contribution >= 4 is 109 Å². The van der Waals surface area contributed by atoms with Gasteiger partial charge in [0, 0.05) is 87.2 Å². The summed E-state index contributed by atoms with van der Waals surface area (Å²) in [5.74, 6) is 0. The molecular formula is C66H44N4S. The van der Waals surface area contributed by atoms with E-state index in [1.807, 2.05) is 11.3 Å². The predicted octanol–water partition coefficient (Wildman–Crippen LogP) is 18.9. The van der Waals surface area contributed by atoms with Gasteiger partial charge in [0.05, 0.1) is 22.1 Å². The fraction of sp³-hybridized carbons (Fsp3) is 0. The Bertz CT molecular complexity index is 4200. The van der Waals surface area contributed by atoms with Gasteiger partial charge in [0.1, 0.15) is 0 Å². The average Bonchev–Trinajstić information content (AvgIpc) is 4.10. The van der Waals surface area contributed by atoms with Crippen LogP contribution in [0.4, 0.5) is 34.1 Å². The maximum atomic E-state index is 2.46. The van der Waals surface area contributed by atoms with Crippen LogP contribution < -0.4 is 9.80 Å². The van der Waals surface area contributed by atoms with Gasteiger partial charge < -0.3 is 18.9 Å². The second-order valence-electron chi connectivity index (χ2n) is 18.1. The third-order valence-electron chi connectivity index (χ3n) is 14.1. The van der Waals surface area contributed by atoms with Crippen LogP contribution in [0.1, 0.15) is 0 Å². The highest BCUT2D eigenvalue weighted by Crippen LogP contribution is 2.49. The second-order valence-corrected chi connectivity index (χ2v) is 19.1. The van der Waals surface area contributed by atoms with Gasteiger partial charge in [-0.25, -0.2) is 0 Å². The summed E-state index contributed by atoms with van der Waals surface area (Å²) < 4.78 is 7.51. The third kappa shape index (κ3) is 6.74. The van der Waals surface area contributed by atoms with E-state index >= 15 is 0 Å². The van der Waals surface area contributed by atoms with E-state index in [1.54, 1.807) is 0 Å². The summed E-state index contributed by atoms with van der Waals surface area (Å²) in [6.45, 7) is 0. The Morgan fingerprint density at radius 1 is 0.254 bits per heavy atom. The highest BCUT2D eigenvalue weighted by Gasteiger charge is 2.23. The lowest BCUT2D eigenvalue weighted by Crippen LogP contribution is -2.10. The van der Waals surface area contributed by atoms with Gasteiger partial charge in [0.2, 0.25) is 0 Å². The Morgan fingerprint density at radius 3 is 1.08 bits per heavy atom. The summed E-state index contributed by atoms with van der Waals surface area (Å²) in [6.07, 6.45) is 0. The van der Waals surface area contributed by atoms with Crippen LogP contribution >= 0.6 is 11.3 Å². The molecule has 0 saturated heterocycles. The summed E-state index contributed by atoms with van der Waals surface area (Å²) in [5.41, 5.74) is 16.1. The van der Waals surface area contributed by atoms with E-state index in [2.05, 4.69) is 286 Å². The molecule has 0 atom stereocenters. The van der Waals surface area contributed by atoms with Crippen LogP contribution in [0.3, 0.4) is 0 Å². The lowest BCUT2D eigenvalue weighted by molar-refractivity contribution is 1.18. The number of rotatable bonds is 9. The Balaban J connectivity index is 0.904. The molecule has 0 N–H and O–H groups in total. The van der Waals surface area contributed by atoms with E-state index in [9.17, 15) is 0 Å². The summed E-state index contributed by atoms with van der Waals surface area (Å²) in [5, 5.41) is 7.69. The first-order valence-electron chi connectivity index (χ1n) is 24.2. The number of fused-ring (bicyclic) bond motifs is 11. The molecule has 0 aliphatic carbocycles. The molecule has 11 aromatic carbocycles. The minimum absolute atomic E-state index is 1.09. The molecule has 0 fully saturated rings.